The fourth-order valence-corrected chi connectivity index (χ4v) is 2.26. The zero-order chi connectivity index (χ0) is 14.7. The van der Waals surface area contributed by atoms with Crippen molar-refractivity contribution < 1.29 is 9.13 Å². The molecule has 1 unspecified atom stereocenters. The lowest BCUT2D eigenvalue weighted by atomic mass is 9.97. The van der Waals surface area contributed by atoms with E-state index in [1.807, 2.05) is 26.0 Å². The maximum Gasteiger partial charge on any atom is 0.170 e. The first kappa shape index (κ1) is 14.4. The Hall–Kier alpha value is -1.98. The summed E-state index contributed by atoms with van der Waals surface area (Å²) >= 11 is 0. The van der Waals surface area contributed by atoms with Crippen molar-refractivity contribution in [2.45, 2.75) is 19.9 Å². The van der Waals surface area contributed by atoms with Crippen LogP contribution in [0.3, 0.4) is 0 Å². The van der Waals surface area contributed by atoms with E-state index in [4.69, 9.17) is 10.6 Å². The Morgan fingerprint density at radius 3 is 2.55 bits per heavy atom. The van der Waals surface area contributed by atoms with Gasteiger partial charge in [0.1, 0.15) is 0 Å². The van der Waals surface area contributed by atoms with Crippen molar-refractivity contribution in [3.63, 3.8) is 0 Å². The number of hydrogen-bond acceptors (Lipinski definition) is 4. The molecule has 106 valence electrons. The fraction of sp³-hybridized carbons (Fsp3) is 0.267. The number of hydrazine groups is 1. The number of pyridine rings is 1. The maximum atomic E-state index is 14.4. The van der Waals surface area contributed by atoms with Gasteiger partial charge in [-0.1, -0.05) is 18.2 Å². The van der Waals surface area contributed by atoms with Crippen molar-refractivity contribution in [2.24, 2.45) is 5.84 Å². The number of methoxy groups -OCH3 is 1. The number of hydrogen-bond donors (Lipinski definition) is 2. The highest BCUT2D eigenvalue weighted by molar-refractivity contribution is 5.39. The molecule has 1 aromatic heterocycles. The van der Waals surface area contributed by atoms with Crippen LogP contribution in [0.25, 0.3) is 0 Å². The van der Waals surface area contributed by atoms with E-state index >= 15 is 0 Å². The summed E-state index contributed by atoms with van der Waals surface area (Å²) in [5.74, 6) is 5.40. The molecule has 20 heavy (non-hydrogen) atoms. The van der Waals surface area contributed by atoms with Crippen LogP contribution < -0.4 is 16.0 Å². The molecule has 0 aliphatic carbocycles. The zero-order valence-corrected chi connectivity index (χ0v) is 11.8. The van der Waals surface area contributed by atoms with E-state index in [-0.39, 0.29) is 5.75 Å². The van der Waals surface area contributed by atoms with Crippen LogP contribution >= 0.6 is 0 Å². The van der Waals surface area contributed by atoms with Gasteiger partial charge in [0.25, 0.3) is 0 Å². The van der Waals surface area contributed by atoms with E-state index in [1.165, 1.54) is 7.11 Å². The average molecular weight is 275 g/mol. The predicted octanol–water partition coefficient (Wildman–Crippen LogP) is 2.40. The Morgan fingerprint density at radius 2 is 1.95 bits per heavy atom. The molecule has 0 amide bonds. The number of nitrogens with one attached hydrogen (secondary N) is 1. The molecule has 2 aromatic rings. The third-order valence-electron chi connectivity index (χ3n) is 3.27. The highest BCUT2D eigenvalue weighted by atomic mass is 19.1. The Morgan fingerprint density at radius 1 is 1.20 bits per heavy atom. The lowest BCUT2D eigenvalue weighted by molar-refractivity contribution is 0.381. The van der Waals surface area contributed by atoms with Crippen molar-refractivity contribution in [1.29, 1.82) is 0 Å². The van der Waals surface area contributed by atoms with Crippen molar-refractivity contribution in [3.05, 3.63) is 58.7 Å². The molecule has 2 rings (SSSR count). The van der Waals surface area contributed by atoms with Gasteiger partial charge in [0.05, 0.1) is 13.2 Å². The van der Waals surface area contributed by atoms with E-state index in [9.17, 15) is 4.39 Å². The maximum absolute atomic E-state index is 14.4. The summed E-state index contributed by atoms with van der Waals surface area (Å²) in [5, 5.41) is 0. The number of nitrogens with two attached hydrogens (primary N) is 1. The lowest BCUT2D eigenvalue weighted by Crippen LogP contribution is -2.30. The Bertz CT molecular complexity index is 616. The summed E-state index contributed by atoms with van der Waals surface area (Å²) in [7, 11) is 1.44. The van der Waals surface area contributed by atoms with Crippen LogP contribution in [0.5, 0.6) is 5.75 Å². The molecule has 3 N–H and O–H groups in total. The molecule has 0 saturated carbocycles. The third kappa shape index (κ3) is 2.64. The smallest absolute Gasteiger partial charge is 0.170 e. The summed E-state index contributed by atoms with van der Waals surface area (Å²) in [5.41, 5.74) is 5.65. The second kappa shape index (κ2) is 5.98. The summed E-state index contributed by atoms with van der Waals surface area (Å²) in [6.07, 6.45) is 0. The fourth-order valence-electron chi connectivity index (χ4n) is 2.26. The van der Waals surface area contributed by atoms with Gasteiger partial charge in [-0.3, -0.25) is 10.8 Å². The van der Waals surface area contributed by atoms with Crippen LogP contribution in [0, 0.1) is 19.7 Å². The van der Waals surface area contributed by atoms with Gasteiger partial charge in [0.15, 0.2) is 11.6 Å². The second-order valence-electron chi connectivity index (χ2n) is 4.59. The monoisotopic (exact) mass is 275 g/mol. The molecule has 1 heterocycles. The normalized spacial score (nSPS) is 12.2. The van der Waals surface area contributed by atoms with Gasteiger partial charge in [-0.15, -0.1) is 0 Å². The standard InChI is InChI=1S/C15H18FN3O/c1-9-7-8-11(10(2)18-9)15(19-17)12-5-4-6-13(20-3)14(12)16/h4-8,15,19H,17H2,1-3H3. The third-order valence-corrected chi connectivity index (χ3v) is 3.27. The SMILES string of the molecule is COc1cccc(C(NN)c2ccc(C)nc2C)c1F. The van der Waals surface area contributed by atoms with Crippen LogP contribution in [0.2, 0.25) is 0 Å². The van der Waals surface area contributed by atoms with Crippen LogP contribution in [0.15, 0.2) is 30.3 Å². The molecular formula is C15H18FN3O. The quantitative estimate of drug-likeness (QED) is 0.664. The summed E-state index contributed by atoms with van der Waals surface area (Å²) in [6.45, 7) is 3.79. The minimum Gasteiger partial charge on any atom is -0.494 e. The lowest BCUT2D eigenvalue weighted by Gasteiger charge is -2.20. The first-order chi connectivity index (χ1) is 9.58. The van der Waals surface area contributed by atoms with E-state index < -0.39 is 11.9 Å². The van der Waals surface area contributed by atoms with Gasteiger partial charge in [0.2, 0.25) is 0 Å². The van der Waals surface area contributed by atoms with E-state index in [1.54, 1.807) is 18.2 Å². The van der Waals surface area contributed by atoms with Gasteiger partial charge in [-0.25, -0.2) is 9.82 Å². The molecule has 0 radical (unpaired) electrons. The minimum absolute atomic E-state index is 0.195. The van der Waals surface area contributed by atoms with Crippen molar-refractivity contribution >= 4 is 0 Å². The van der Waals surface area contributed by atoms with E-state index in [0.29, 0.717) is 5.56 Å². The van der Waals surface area contributed by atoms with Gasteiger partial charge in [0, 0.05) is 17.0 Å². The highest BCUT2D eigenvalue weighted by Gasteiger charge is 2.21. The molecule has 0 bridgehead atoms. The molecule has 1 aromatic carbocycles. The summed E-state index contributed by atoms with van der Waals surface area (Å²) < 4.78 is 19.4. The number of aromatic nitrogens is 1. The molecule has 0 aliphatic rings. The molecular weight excluding hydrogens is 257 g/mol. The van der Waals surface area contributed by atoms with Crippen molar-refractivity contribution in [3.8, 4) is 5.75 Å². The van der Waals surface area contributed by atoms with E-state index in [2.05, 4.69) is 10.4 Å². The summed E-state index contributed by atoms with van der Waals surface area (Å²) in [6, 6.07) is 8.30. The van der Waals surface area contributed by atoms with Gasteiger partial charge >= 0.3 is 0 Å². The zero-order valence-electron chi connectivity index (χ0n) is 11.8. The van der Waals surface area contributed by atoms with Crippen molar-refractivity contribution in [1.82, 2.24) is 10.4 Å². The average Bonchev–Trinajstić information content (AvgIpc) is 2.43. The Balaban J connectivity index is 2.52. The molecule has 5 heteroatoms. The predicted molar refractivity (Wildman–Crippen MR) is 75.8 cm³/mol. The number of benzene rings is 1. The van der Waals surface area contributed by atoms with Gasteiger partial charge < -0.3 is 4.74 Å². The largest absolute Gasteiger partial charge is 0.494 e. The number of aryl methyl sites for hydroxylation is 2. The molecule has 0 fully saturated rings. The van der Waals surface area contributed by atoms with Crippen LogP contribution in [0.4, 0.5) is 4.39 Å². The number of ether oxygens (including phenoxy) is 1. The topological polar surface area (TPSA) is 60.2 Å². The first-order valence-corrected chi connectivity index (χ1v) is 6.31. The van der Waals surface area contributed by atoms with Crippen LogP contribution in [-0.2, 0) is 0 Å². The number of rotatable bonds is 4. The Labute approximate surface area is 117 Å². The first-order valence-electron chi connectivity index (χ1n) is 6.31. The number of nitrogens with zero attached hydrogens (tertiary/aromatic N) is 1. The van der Waals surface area contributed by atoms with E-state index in [0.717, 1.165) is 17.0 Å². The number of halogens is 1. The second-order valence-corrected chi connectivity index (χ2v) is 4.59. The van der Waals surface area contributed by atoms with Crippen LogP contribution in [0.1, 0.15) is 28.6 Å². The molecule has 0 spiro atoms. The van der Waals surface area contributed by atoms with Gasteiger partial charge in [-0.05, 0) is 31.5 Å². The molecule has 4 nitrogen and oxygen atoms in total. The van der Waals surface area contributed by atoms with Gasteiger partial charge in [-0.2, -0.15) is 0 Å². The summed E-state index contributed by atoms with van der Waals surface area (Å²) in [4.78, 5) is 4.39. The molecule has 1 atom stereocenters. The molecule has 0 aliphatic heterocycles. The van der Waals surface area contributed by atoms with Crippen LogP contribution in [-0.4, -0.2) is 12.1 Å². The Kier molecular flexibility index (Phi) is 4.32. The minimum atomic E-state index is -0.474. The highest BCUT2D eigenvalue weighted by Crippen LogP contribution is 2.29. The molecule has 0 saturated heterocycles. The van der Waals surface area contributed by atoms with Crippen molar-refractivity contribution in [2.75, 3.05) is 7.11 Å².